The number of fused-ring (bicyclic) bond motifs is 1. The number of hydrogen-bond acceptors (Lipinski definition) is 6. The normalized spacial score (nSPS) is 12.5. The summed E-state index contributed by atoms with van der Waals surface area (Å²) in [6.45, 7) is 2.79. The minimum absolute atomic E-state index is 0.0653. The second-order valence-corrected chi connectivity index (χ2v) is 8.28. The molecule has 31 heavy (non-hydrogen) atoms. The first-order valence-electron chi connectivity index (χ1n) is 10.3. The number of carbonyl (C=O) groups is 1. The van der Waals surface area contributed by atoms with Gasteiger partial charge in [-0.1, -0.05) is 17.8 Å². The third-order valence-electron chi connectivity index (χ3n) is 5.22. The molecule has 0 spiro atoms. The molecule has 0 aliphatic heterocycles. The summed E-state index contributed by atoms with van der Waals surface area (Å²) in [5, 5.41) is 11.9. The summed E-state index contributed by atoms with van der Waals surface area (Å²) in [5.74, 6) is 2.60. The maximum absolute atomic E-state index is 12.3. The van der Waals surface area contributed by atoms with E-state index in [1.54, 1.807) is 7.11 Å². The minimum atomic E-state index is -0.0653. The molecular weight excluding hydrogens is 412 g/mol. The molecule has 0 saturated heterocycles. The molecule has 7 nitrogen and oxygen atoms in total. The third-order valence-corrected chi connectivity index (χ3v) is 6.15. The molecule has 4 rings (SSSR count). The van der Waals surface area contributed by atoms with Crippen LogP contribution in [0, 0.1) is 6.92 Å². The van der Waals surface area contributed by atoms with E-state index in [4.69, 9.17) is 9.47 Å². The Balaban J connectivity index is 1.24. The Morgan fingerprint density at radius 1 is 1.10 bits per heavy atom. The maximum atomic E-state index is 12.3. The van der Waals surface area contributed by atoms with Gasteiger partial charge in [-0.2, -0.15) is 0 Å². The largest absolute Gasteiger partial charge is 0.497 e. The monoisotopic (exact) mass is 438 g/mol. The van der Waals surface area contributed by atoms with Crippen molar-refractivity contribution in [2.24, 2.45) is 0 Å². The van der Waals surface area contributed by atoms with Crippen LogP contribution < -0.4 is 14.8 Å². The van der Waals surface area contributed by atoms with Crippen LogP contribution in [-0.2, 0) is 17.6 Å². The number of nitrogens with one attached hydrogen (secondary N) is 1. The van der Waals surface area contributed by atoms with Crippen molar-refractivity contribution in [3.8, 4) is 17.2 Å². The topological polar surface area (TPSA) is 78.3 Å². The number of aromatic nitrogens is 3. The predicted octanol–water partition coefficient (Wildman–Crippen LogP) is 3.36. The van der Waals surface area contributed by atoms with Gasteiger partial charge >= 0.3 is 0 Å². The van der Waals surface area contributed by atoms with E-state index in [1.807, 2.05) is 41.8 Å². The van der Waals surface area contributed by atoms with E-state index in [9.17, 15) is 4.79 Å². The molecule has 0 bridgehead atoms. The summed E-state index contributed by atoms with van der Waals surface area (Å²) in [6, 6.07) is 13.9. The number of amides is 1. The van der Waals surface area contributed by atoms with E-state index in [0.717, 1.165) is 35.9 Å². The molecule has 0 saturated carbocycles. The van der Waals surface area contributed by atoms with Gasteiger partial charge in [-0.05, 0) is 73.7 Å². The van der Waals surface area contributed by atoms with Crippen LogP contribution in [0.25, 0.3) is 5.69 Å². The fraction of sp³-hybridized carbons (Fsp3) is 0.348. The van der Waals surface area contributed by atoms with Crippen LogP contribution in [0.2, 0.25) is 0 Å². The van der Waals surface area contributed by atoms with Crippen LogP contribution in [-0.4, -0.2) is 46.7 Å². The summed E-state index contributed by atoms with van der Waals surface area (Å²) in [4.78, 5) is 12.3. The Morgan fingerprint density at radius 2 is 1.87 bits per heavy atom. The fourth-order valence-electron chi connectivity index (χ4n) is 3.64. The molecule has 0 radical (unpaired) electrons. The van der Waals surface area contributed by atoms with Gasteiger partial charge in [0.1, 0.15) is 23.9 Å². The minimum Gasteiger partial charge on any atom is -0.497 e. The first-order valence-corrected chi connectivity index (χ1v) is 11.3. The first kappa shape index (κ1) is 21.2. The molecule has 0 atom stereocenters. The van der Waals surface area contributed by atoms with Gasteiger partial charge in [0.15, 0.2) is 5.16 Å². The Morgan fingerprint density at radius 3 is 2.68 bits per heavy atom. The fourth-order valence-corrected chi connectivity index (χ4v) is 4.47. The Labute approximate surface area is 186 Å². The highest BCUT2D eigenvalue weighted by molar-refractivity contribution is 7.99. The van der Waals surface area contributed by atoms with E-state index in [1.165, 1.54) is 29.3 Å². The molecule has 0 fully saturated rings. The van der Waals surface area contributed by atoms with Crippen LogP contribution in [0.5, 0.6) is 11.5 Å². The number of nitrogens with zero attached hydrogens (tertiary/aromatic N) is 3. The molecule has 2 aromatic carbocycles. The highest BCUT2D eigenvalue weighted by Crippen LogP contribution is 2.26. The molecule has 1 aliphatic carbocycles. The summed E-state index contributed by atoms with van der Waals surface area (Å²) in [7, 11) is 1.63. The summed E-state index contributed by atoms with van der Waals surface area (Å²) >= 11 is 1.35. The number of hydrogen-bond donors (Lipinski definition) is 1. The van der Waals surface area contributed by atoms with Gasteiger partial charge in [-0.15, -0.1) is 10.2 Å². The number of carbonyl (C=O) groups excluding carboxylic acids is 1. The van der Waals surface area contributed by atoms with E-state index >= 15 is 0 Å². The number of benzene rings is 2. The van der Waals surface area contributed by atoms with Gasteiger partial charge in [0.25, 0.3) is 0 Å². The molecule has 1 aliphatic rings. The standard InChI is InChI=1S/C23H26N4O3S/c1-16-25-26-23(27(16)19-7-10-20(29-2)11-8-19)31-15-22(28)24-12-13-30-21-9-6-17-4-3-5-18(17)14-21/h6-11,14H,3-5,12-13,15H2,1-2H3,(H,24,28). The number of aryl methyl sites for hydroxylation is 3. The molecule has 1 N–H and O–H groups in total. The summed E-state index contributed by atoms with van der Waals surface area (Å²) in [5.41, 5.74) is 3.73. The van der Waals surface area contributed by atoms with Crippen LogP contribution in [0.4, 0.5) is 0 Å². The average Bonchev–Trinajstić information content (AvgIpc) is 3.41. The number of thioether (sulfide) groups is 1. The lowest BCUT2D eigenvalue weighted by atomic mass is 10.1. The van der Waals surface area contributed by atoms with Crippen molar-refractivity contribution < 1.29 is 14.3 Å². The van der Waals surface area contributed by atoms with E-state index < -0.39 is 0 Å². The van der Waals surface area contributed by atoms with Crippen molar-refractivity contribution in [1.82, 2.24) is 20.1 Å². The van der Waals surface area contributed by atoms with Crippen molar-refractivity contribution >= 4 is 17.7 Å². The molecule has 8 heteroatoms. The first-order chi connectivity index (χ1) is 15.1. The lowest BCUT2D eigenvalue weighted by molar-refractivity contribution is -0.118. The lowest BCUT2D eigenvalue weighted by Gasteiger charge is -2.10. The van der Waals surface area contributed by atoms with Gasteiger partial charge in [0.05, 0.1) is 19.4 Å². The molecule has 1 amide bonds. The molecular formula is C23H26N4O3S. The average molecular weight is 439 g/mol. The summed E-state index contributed by atoms with van der Waals surface area (Å²) in [6.07, 6.45) is 3.51. The zero-order valence-electron chi connectivity index (χ0n) is 17.8. The second-order valence-electron chi connectivity index (χ2n) is 7.33. The molecule has 162 valence electrons. The predicted molar refractivity (Wildman–Crippen MR) is 120 cm³/mol. The third kappa shape index (κ3) is 5.19. The van der Waals surface area contributed by atoms with Crippen molar-refractivity contribution in [1.29, 1.82) is 0 Å². The SMILES string of the molecule is COc1ccc(-n2c(C)nnc2SCC(=O)NCCOc2ccc3c(c2)CCC3)cc1. The molecule has 3 aromatic rings. The van der Waals surface area contributed by atoms with Gasteiger partial charge in [0, 0.05) is 5.69 Å². The van der Waals surface area contributed by atoms with Gasteiger partial charge in [-0.3, -0.25) is 9.36 Å². The van der Waals surface area contributed by atoms with Gasteiger partial charge in [0.2, 0.25) is 5.91 Å². The molecule has 1 aromatic heterocycles. The molecule has 1 heterocycles. The Hall–Kier alpha value is -3.00. The molecule has 0 unspecified atom stereocenters. The smallest absolute Gasteiger partial charge is 0.230 e. The quantitative estimate of drug-likeness (QED) is 0.408. The van der Waals surface area contributed by atoms with E-state index in [0.29, 0.717) is 18.3 Å². The van der Waals surface area contributed by atoms with Crippen LogP contribution in [0.1, 0.15) is 23.4 Å². The van der Waals surface area contributed by atoms with Crippen LogP contribution >= 0.6 is 11.8 Å². The zero-order chi connectivity index (χ0) is 21.6. The Bertz CT molecular complexity index is 1050. The number of methoxy groups -OCH3 is 1. The second kappa shape index (κ2) is 9.87. The Kier molecular flexibility index (Phi) is 6.76. The van der Waals surface area contributed by atoms with Crippen molar-refractivity contribution in [3.05, 3.63) is 59.4 Å². The zero-order valence-corrected chi connectivity index (χ0v) is 18.6. The maximum Gasteiger partial charge on any atom is 0.230 e. The van der Waals surface area contributed by atoms with Crippen molar-refractivity contribution in [3.63, 3.8) is 0 Å². The van der Waals surface area contributed by atoms with E-state index in [2.05, 4.69) is 27.6 Å². The van der Waals surface area contributed by atoms with Crippen LogP contribution in [0.3, 0.4) is 0 Å². The summed E-state index contributed by atoms with van der Waals surface area (Å²) < 4.78 is 12.9. The lowest BCUT2D eigenvalue weighted by Crippen LogP contribution is -2.29. The highest BCUT2D eigenvalue weighted by atomic mass is 32.2. The van der Waals surface area contributed by atoms with Gasteiger partial charge < -0.3 is 14.8 Å². The van der Waals surface area contributed by atoms with Crippen molar-refractivity contribution in [2.45, 2.75) is 31.3 Å². The van der Waals surface area contributed by atoms with E-state index in [-0.39, 0.29) is 11.7 Å². The highest BCUT2D eigenvalue weighted by Gasteiger charge is 2.14. The number of rotatable bonds is 9. The van der Waals surface area contributed by atoms with Crippen LogP contribution in [0.15, 0.2) is 47.6 Å². The number of ether oxygens (including phenoxy) is 2. The van der Waals surface area contributed by atoms with Gasteiger partial charge in [-0.25, -0.2) is 0 Å². The van der Waals surface area contributed by atoms with Crippen molar-refractivity contribution in [2.75, 3.05) is 26.0 Å².